The molecule has 2 aliphatic carbocycles. The first kappa shape index (κ1) is 10.4. The van der Waals surface area contributed by atoms with Crippen LogP contribution in [0.2, 0.25) is 0 Å². The Balaban J connectivity index is 1.74. The van der Waals surface area contributed by atoms with Crippen molar-refractivity contribution in [3.63, 3.8) is 0 Å². The van der Waals surface area contributed by atoms with Gasteiger partial charge in [0.05, 0.1) is 0 Å². The lowest BCUT2D eigenvalue weighted by Crippen LogP contribution is -2.50. The fourth-order valence-corrected chi connectivity index (χ4v) is 2.57. The zero-order valence-corrected chi connectivity index (χ0v) is 9.60. The molecule has 0 saturated heterocycles. The van der Waals surface area contributed by atoms with Crippen molar-refractivity contribution in [1.82, 2.24) is 5.32 Å². The maximum atomic E-state index is 6.36. The summed E-state index contributed by atoms with van der Waals surface area (Å²) in [7, 11) is 0. The van der Waals surface area contributed by atoms with Crippen LogP contribution in [0.3, 0.4) is 0 Å². The highest BCUT2D eigenvalue weighted by Crippen LogP contribution is 2.44. The van der Waals surface area contributed by atoms with Crippen LogP contribution in [0.5, 0.6) is 0 Å². The molecule has 1 atom stereocenters. The molecule has 14 heavy (non-hydrogen) atoms. The molecule has 0 aromatic heterocycles. The molecule has 2 aliphatic rings. The Kier molecular flexibility index (Phi) is 2.61. The lowest BCUT2D eigenvalue weighted by Gasteiger charge is -2.33. The average Bonchev–Trinajstić information content (AvgIpc) is 2.73. The summed E-state index contributed by atoms with van der Waals surface area (Å²) in [6, 6.07) is 0.727. The Labute approximate surface area is 87.6 Å². The van der Waals surface area contributed by atoms with E-state index in [1.165, 1.54) is 38.5 Å². The van der Waals surface area contributed by atoms with Gasteiger partial charge in [0.2, 0.25) is 0 Å². The van der Waals surface area contributed by atoms with Gasteiger partial charge in [-0.05, 0) is 24.7 Å². The van der Waals surface area contributed by atoms with Gasteiger partial charge in [-0.2, -0.15) is 0 Å². The van der Waals surface area contributed by atoms with Gasteiger partial charge in [-0.3, -0.25) is 0 Å². The highest BCUT2D eigenvalue weighted by Gasteiger charge is 2.46. The SMILES string of the molecule is CC1(C)CC1NCC1(N)CCCCC1. The first-order chi connectivity index (χ1) is 6.52. The van der Waals surface area contributed by atoms with E-state index >= 15 is 0 Å². The number of hydrogen-bond acceptors (Lipinski definition) is 2. The second kappa shape index (κ2) is 3.49. The van der Waals surface area contributed by atoms with E-state index in [9.17, 15) is 0 Å². The second-order valence-corrected chi connectivity index (χ2v) is 6.05. The van der Waals surface area contributed by atoms with E-state index in [1.807, 2.05) is 0 Å². The van der Waals surface area contributed by atoms with E-state index in [4.69, 9.17) is 5.73 Å². The van der Waals surface area contributed by atoms with Gasteiger partial charge in [0.25, 0.3) is 0 Å². The number of nitrogens with two attached hydrogens (primary N) is 1. The molecule has 2 nitrogen and oxygen atoms in total. The molecule has 0 radical (unpaired) electrons. The smallest absolute Gasteiger partial charge is 0.0280 e. The average molecular weight is 196 g/mol. The molecule has 2 rings (SSSR count). The molecule has 82 valence electrons. The van der Waals surface area contributed by atoms with Gasteiger partial charge in [0.15, 0.2) is 0 Å². The Bertz CT molecular complexity index is 204. The molecule has 0 heterocycles. The van der Waals surface area contributed by atoms with Crippen LogP contribution in [-0.4, -0.2) is 18.1 Å². The molecule has 0 aromatic carbocycles. The normalized spacial score (nSPS) is 34.1. The molecule has 2 heteroatoms. The Morgan fingerprint density at radius 3 is 2.29 bits per heavy atom. The maximum Gasteiger partial charge on any atom is 0.0280 e. The standard InChI is InChI=1S/C12H24N2/c1-11(2)8-10(11)14-9-12(13)6-4-3-5-7-12/h10,14H,3-9,13H2,1-2H3. The summed E-state index contributed by atoms with van der Waals surface area (Å²) in [5.41, 5.74) is 7.00. The monoisotopic (exact) mass is 196 g/mol. The summed E-state index contributed by atoms with van der Waals surface area (Å²) in [4.78, 5) is 0. The highest BCUT2D eigenvalue weighted by molar-refractivity contribution is 5.03. The fraction of sp³-hybridized carbons (Fsp3) is 1.00. The summed E-state index contributed by atoms with van der Waals surface area (Å²) >= 11 is 0. The lowest BCUT2D eigenvalue weighted by molar-refractivity contribution is 0.279. The van der Waals surface area contributed by atoms with Gasteiger partial charge in [0.1, 0.15) is 0 Å². The van der Waals surface area contributed by atoms with E-state index in [-0.39, 0.29) is 5.54 Å². The van der Waals surface area contributed by atoms with Crippen LogP contribution < -0.4 is 11.1 Å². The first-order valence-corrected chi connectivity index (χ1v) is 6.04. The predicted octanol–water partition coefficient (Wildman–Crippen LogP) is 2.04. The lowest BCUT2D eigenvalue weighted by atomic mass is 9.82. The number of hydrogen-bond donors (Lipinski definition) is 2. The van der Waals surface area contributed by atoms with Gasteiger partial charge >= 0.3 is 0 Å². The summed E-state index contributed by atoms with van der Waals surface area (Å²) < 4.78 is 0. The van der Waals surface area contributed by atoms with Crippen molar-refractivity contribution in [2.24, 2.45) is 11.1 Å². The third-order valence-electron chi connectivity index (χ3n) is 4.06. The molecule has 0 bridgehead atoms. The summed E-state index contributed by atoms with van der Waals surface area (Å²) in [6.07, 6.45) is 7.79. The van der Waals surface area contributed by atoms with Gasteiger partial charge < -0.3 is 11.1 Å². The van der Waals surface area contributed by atoms with E-state index in [1.54, 1.807) is 0 Å². The van der Waals surface area contributed by atoms with Crippen molar-refractivity contribution in [2.45, 2.75) is 64.0 Å². The molecular formula is C12H24N2. The largest absolute Gasteiger partial charge is 0.324 e. The zero-order chi connectivity index (χ0) is 10.2. The summed E-state index contributed by atoms with van der Waals surface area (Å²) in [6.45, 7) is 5.69. The van der Waals surface area contributed by atoms with E-state index < -0.39 is 0 Å². The third-order valence-corrected chi connectivity index (χ3v) is 4.06. The number of nitrogens with one attached hydrogen (secondary N) is 1. The minimum absolute atomic E-state index is 0.108. The third kappa shape index (κ3) is 2.29. The van der Waals surface area contributed by atoms with Gasteiger partial charge in [-0.15, -0.1) is 0 Å². The van der Waals surface area contributed by atoms with Crippen LogP contribution in [0.25, 0.3) is 0 Å². The minimum Gasteiger partial charge on any atom is -0.324 e. The van der Waals surface area contributed by atoms with E-state index in [0.29, 0.717) is 5.41 Å². The molecule has 0 aliphatic heterocycles. The molecule has 2 fully saturated rings. The van der Waals surface area contributed by atoms with Crippen LogP contribution in [0.4, 0.5) is 0 Å². The maximum absolute atomic E-state index is 6.36. The molecule has 2 saturated carbocycles. The molecule has 0 amide bonds. The highest BCUT2D eigenvalue weighted by atomic mass is 15.0. The van der Waals surface area contributed by atoms with Crippen LogP contribution >= 0.6 is 0 Å². The summed E-state index contributed by atoms with van der Waals surface area (Å²) in [5, 5.41) is 3.63. The molecule has 0 aromatic rings. The van der Waals surface area contributed by atoms with Crippen molar-refractivity contribution >= 4 is 0 Å². The Morgan fingerprint density at radius 2 is 1.79 bits per heavy atom. The van der Waals surface area contributed by atoms with Crippen molar-refractivity contribution in [3.8, 4) is 0 Å². The summed E-state index contributed by atoms with van der Waals surface area (Å²) in [5.74, 6) is 0. The van der Waals surface area contributed by atoms with Gasteiger partial charge in [0, 0.05) is 18.1 Å². The van der Waals surface area contributed by atoms with Crippen LogP contribution in [0.1, 0.15) is 52.4 Å². The van der Waals surface area contributed by atoms with Crippen LogP contribution in [0.15, 0.2) is 0 Å². The van der Waals surface area contributed by atoms with Crippen molar-refractivity contribution < 1.29 is 0 Å². The molecule has 3 N–H and O–H groups in total. The quantitative estimate of drug-likeness (QED) is 0.725. The van der Waals surface area contributed by atoms with Crippen molar-refractivity contribution in [2.75, 3.05) is 6.54 Å². The second-order valence-electron chi connectivity index (χ2n) is 6.05. The zero-order valence-electron chi connectivity index (χ0n) is 9.60. The van der Waals surface area contributed by atoms with E-state index in [0.717, 1.165) is 12.6 Å². The Morgan fingerprint density at radius 1 is 1.21 bits per heavy atom. The molecule has 0 spiro atoms. The Hall–Kier alpha value is -0.0800. The number of rotatable bonds is 3. The molecule has 1 unspecified atom stereocenters. The van der Waals surface area contributed by atoms with E-state index in [2.05, 4.69) is 19.2 Å². The molecular weight excluding hydrogens is 172 g/mol. The van der Waals surface area contributed by atoms with Crippen molar-refractivity contribution in [1.29, 1.82) is 0 Å². The van der Waals surface area contributed by atoms with Crippen LogP contribution in [0, 0.1) is 5.41 Å². The topological polar surface area (TPSA) is 38.0 Å². The van der Waals surface area contributed by atoms with Crippen molar-refractivity contribution in [3.05, 3.63) is 0 Å². The van der Waals surface area contributed by atoms with Gasteiger partial charge in [-0.1, -0.05) is 33.1 Å². The minimum atomic E-state index is 0.108. The first-order valence-electron chi connectivity index (χ1n) is 6.04. The van der Waals surface area contributed by atoms with Crippen LogP contribution in [-0.2, 0) is 0 Å². The van der Waals surface area contributed by atoms with Gasteiger partial charge in [-0.25, -0.2) is 0 Å². The predicted molar refractivity (Wildman–Crippen MR) is 60.2 cm³/mol. The fourth-order valence-electron chi connectivity index (χ4n) is 2.57.